The first-order valence-electron chi connectivity index (χ1n) is 8.28. The van der Waals surface area contributed by atoms with Gasteiger partial charge in [0.2, 0.25) is 0 Å². The van der Waals surface area contributed by atoms with E-state index in [4.69, 9.17) is 5.73 Å². The number of aliphatic carboxylic acids is 1. The van der Waals surface area contributed by atoms with Crippen LogP contribution in [0.1, 0.15) is 18.4 Å². The van der Waals surface area contributed by atoms with Crippen molar-refractivity contribution >= 4 is 33.8 Å². The van der Waals surface area contributed by atoms with E-state index in [1.807, 2.05) is 0 Å². The molecule has 8 nitrogen and oxygen atoms in total. The number of phenols is 1. The van der Waals surface area contributed by atoms with Crippen LogP contribution >= 0.6 is 0 Å². The predicted octanol–water partition coefficient (Wildman–Crippen LogP) is -0.591. The number of nitrogens with zero attached hydrogens (tertiary/aromatic N) is 1. The zero-order valence-corrected chi connectivity index (χ0v) is 15.8. The molecular formula is C17H22N3O5Se. The number of hydrogen-bond acceptors (Lipinski definition) is 5. The van der Waals surface area contributed by atoms with Gasteiger partial charge in [-0.05, 0) is 0 Å². The second kappa shape index (κ2) is 9.02. The summed E-state index contributed by atoms with van der Waals surface area (Å²) in [7, 11) is 0. The van der Waals surface area contributed by atoms with E-state index >= 15 is 0 Å². The van der Waals surface area contributed by atoms with Crippen molar-refractivity contribution in [1.29, 1.82) is 0 Å². The van der Waals surface area contributed by atoms with E-state index < -0.39 is 30.0 Å². The van der Waals surface area contributed by atoms with E-state index in [0.717, 1.165) is 0 Å². The zero-order chi connectivity index (χ0) is 19.3. The first-order valence-corrected chi connectivity index (χ1v) is 9.50. The fourth-order valence-electron chi connectivity index (χ4n) is 2.92. The van der Waals surface area contributed by atoms with Crippen LogP contribution in [0.25, 0.3) is 0 Å². The third-order valence-corrected chi connectivity index (χ3v) is 5.08. The van der Waals surface area contributed by atoms with Gasteiger partial charge < -0.3 is 5.11 Å². The number of carbonyl (C=O) groups excluding carboxylic acids is 2. The molecule has 1 fully saturated rings. The Hall–Kier alpha value is -2.09. The minimum absolute atomic E-state index is 0.0749. The van der Waals surface area contributed by atoms with Crippen molar-refractivity contribution in [1.82, 2.24) is 10.2 Å². The predicted molar refractivity (Wildman–Crippen MR) is 94.6 cm³/mol. The van der Waals surface area contributed by atoms with Gasteiger partial charge >= 0.3 is 148 Å². The van der Waals surface area contributed by atoms with Crippen molar-refractivity contribution < 1.29 is 24.6 Å². The number of phenolic OH excluding ortho intramolecular Hbond substituents is 1. The average molecular weight is 427 g/mol. The molecule has 9 heteroatoms. The Morgan fingerprint density at radius 3 is 2.54 bits per heavy atom. The van der Waals surface area contributed by atoms with E-state index in [0.29, 0.717) is 30.3 Å². The molecule has 1 radical (unpaired) electrons. The van der Waals surface area contributed by atoms with E-state index in [9.17, 15) is 24.6 Å². The van der Waals surface area contributed by atoms with Gasteiger partial charge in [-0.3, -0.25) is 0 Å². The number of carbonyl (C=O) groups is 3. The standard InChI is InChI=1S/C17H22N3O5Se/c18-12(9-26)16(23)20-7-1-2-14(20)15(22)19-13(17(24)25)8-10-3-5-11(21)6-4-10/h3-6,12-14,21H,1-2,7-9,18H2,(H,19,22)(H,24,25)/t12-,13-,14-/m0/s1. The van der Waals surface area contributed by atoms with Crippen LogP contribution < -0.4 is 11.1 Å². The summed E-state index contributed by atoms with van der Waals surface area (Å²) in [5, 5.41) is 21.6. The number of amides is 2. The zero-order valence-electron chi connectivity index (χ0n) is 14.1. The van der Waals surface area contributed by atoms with E-state index in [2.05, 4.69) is 21.3 Å². The maximum atomic E-state index is 12.6. The Bertz CT molecular complexity index is 667. The van der Waals surface area contributed by atoms with Gasteiger partial charge in [0, 0.05) is 0 Å². The van der Waals surface area contributed by atoms with E-state index in [1.165, 1.54) is 17.0 Å². The van der Waals surface area contributed by atoms with Crippen LogP contribution in [0.15, 0.2) is 24.3 Å². The number of aromatic hydroxyl groups is 1. The first kappa shape index (κ1) is 20.2. The normalized spacial score (nSPS) is 19.0. The molecule has 1 aliphatic rings. The number of nitrogens with two attached hydrogens (primary N) is 1. The van der Waals surface area contributed by atoms with Gasteiger partial charge in [0.15, 0.2) is 0 Å². The summed E-state index contributed by atoms with van der Waals surface area (Å²) in [6, 6.07) is 3.56. The molecule has 0 spiro atoms. The summed E-state index contributed by atoms with van der Waals surface area (Å²) < 4.78 is 0. The molecule has 0 aliphatic carbocycles. The molecule has 141 valence electrons. The summed E-state index contributed by atoms with van der Waals surface area (Å²) in [4.78, 5) is 37.8. The molecule has 0 aromatic heterocycles. The van der Waals surface area contributed by atoms with Crippen molar-refractivity contribution in [2.75, 3.05) is 6.54 Å². The Morgan fingerprint density at radius 2 is 1.96 bits per heavy atom. The SMILES string of the molecule is N[C@@H](C[Se])C(=O)N1CCC[C@H]1C(=O)N[C@@H](Cc1ccc(O)cc1)C(=O)O. The Kier molecular flexibility index (Phi) is 7.02. The molecule has 1 aliphatic heterocycles. The van der Waals surface area contributed by atoms with Crippen molar-refractivity contribution in [2.24, 2.45) is 5.73 Å². The molecule has 1 heterocycles. The maximum absolute atomic E-state index is 12.6. The van der Waals surface area contributed by atoms with Gasteiger partial charge in [-0.2, -0.15) is 0 Å². The van der Waals surface area contributed by atoms with Gasteiger partial charge in [-0.15, -0.1) is 0 Å². The van der Waals surface area contributed by atoms with Crippen LogP contribution in [0.5, 0.6) is 5.75 Å². The molecule has 2 amide bonds. The number of rotatable bonds is 7. The number of hydrogen-bond donors (Lipinski definition) is 4. The Morgan fingerprint density at radius 1 is 1.31 bits per heavy atom. The van der Waals surface area contributed by atoms with Crippen molar-refractivity contribution in [3.63, 3.8) is 0 Å². The fraction of sp³-hybridized carbons (Fsp3) is 0.471. The van der Waals surface area contributed by atoms with Gasteiger partial charge in [0.1, 0.15) is 5.75 Å². The topological polar surface area (TPSA) is 133 Å². The van der Waals surface area contributed by atoms with Crippen LogP contribution in [0.3, 0.4) is 0 Å². The van der Waals surface area contributed by atoms with Crippen LogP contribution in [0.2, 0.25) is 5.32 Å². The molecular weight excluding hydrogens is 405 g/mol. The molecule has 1 aromatic rings. The second-order valence-corrected chi connectivity index (χ2v) is 6.93. The number of likely N-dealkylation sites (tertiary alicyclic amines) is 1. The van der Waals surface area contributed by atoms with Crippen LogP contribution in [-0.4, -0.2) is 73.6 Å². The van der Waals surface area contributed by atoms with E-state index in [-0.39, 0.29) is 18.1 Å². The molecule has 5 N–H and O–H groups in total. The minimum atomic E-state index is -1.16. The monoisotopic (exact) mass is 428 g/mol. The molecule has 2 rings (SSSR count). The summed E-state index contributed by atoms with van der Waals surface area (Å²) >= 11 is 2.70. The van der Waals surface area contributed by atoms with Crippen molar-refractivity contribution in [3.8, 4) is 5.75 Å². The third-order valence-electron chi connectivity index (χ3n) is 4.33. The summed E-state index contributed by atoms with van der Waals surface area (Å²) in [5.74, 6) is -1.89. The molecule has 0 bridgehead atoms. The number of nitrogens with one attached hydrogen (secondary N) is 1. The molecule has 3 atom stereocenters. The second-order valence-electron chi connectivity index (χ2n) is 6.23. The van der Waals surface area contributed by atoms with Gasteiger partial charge in [-0.25, -0.2) is 0 Å². The molecule has 26 heavy (non-hydrogen) atoms. The summed E-state index contributed by atoms with van der Waals surface area (Å²) in [6.07, 6.45) is 1.22. The quantitative estimate of drug-likeness (QED) is 0.430. The summed E-state index contributed by atoms with van der Waals surface area (Å²) in [5.41, 5.74) is 6.42. The van der Waals surface area contributed by atoms with Crippen LogP contribution in [0.4, 0.5) is 0 Å². The van der Waals surface area contributed by atoms with Crippen LogP contribution in [0, 0.1) is 0 Å². The van der Waals surface area contributed by atoms with Gasteiger partial charge in [0.05, 0.1) is 0 Å². The summed E-state index contributed by atoms with van der Waals surface area (Å²) in [6.45, 7) is 0.431. The number of benzene rings is 1. The van der Waals surface area contributed by atoms with Crippen molar-refractivity contribution in [2.45, 2.75) is 42.7 Å². The molecule has 0 saturated carbocycles. The van der Waals surface area contributed by atoms with Crippen molar-refractivity contribution in [3.05, 3.63) is 29.8 Å². The first-order chi connectivity index (χ1) is 12.3. The Balaban J connectivity index is 2.05. The van der Waals surface area contributed by atoms with Crippen LogP contribution in [-0.2, 0) is 20.8 Å². The number of carboxylic acids is 1. The Labute approximate surface area is 159 Å². The van der Waals surface area contributed by atoms with Gasteiger partial charge in [-0.1, -0.05) is 0 Å². The molecule has 1 saturated heterocycles. The average Bonchev–Trinajstić information content (AvgIpc) is 3.11. The fourth-order valence-corrected chi connectivity index (χ4v) is 3.22. The van der Waals surface area contributed by atoms with E-state index in [1.54, 1.807) is 12.1 Å². The molecule has 0 unspecified atom stereocenters. The number of carboxylic acid groups (broad SMARTS) is 1. The molecule has 1 aromatic carbocycles. The third kappa shape index (κ3) is 4.97. The van der Waals surface area contributed by atoms with Gasteiger partial charge in [0.25, 0.3) is 0 Å².